The average Bonchev–Trinajstić information content (AvgIpc) is 2.80. The number of carboxylic acid groups (broad SMARTS) is 1. The Balaban J connectivity index is 2.32. The van der Waals surface area contributed by atoms with E-state index < -0.39 is 17.4 Å². The van der Waals surface area contributed by atoms with Crippen LogP contribution in [-0.4, -0.2) is 23.7 Å². The zero-order valence-corrected chi connectivity index (χ0v) is 12.2. The van der Waals surface area contributed by atoms with Crippen LogP contribution in [0.1, 0.15) is 18.7 Å². The van der Waals surface area contributed by atoms with Gasteiger partial charge >= 0.3 is 11.9 Å². The second-order valence-electron chi connectivity index (χ2n) is 4.79. The van der Waals surface area contributed by atoms with Gasteiger partial charge in [-0.1, -0.05) is 18.2 Å². The molecule has 1 N–H and O–H groups in total. The van der Waals surface area contributed by atoms with E-state index in [4.69, 9.17) is 4.74 Å². The number of hydrogen-bond acceptors (Lipinski definition) is 4. The molecule has 0 bridgehead atoms. The highest BCUT2D eigenvalue weighted by molar-refractivity contribution is 7.19. The van der Waals surface area contributed by atoms with Crippen molar-refractivity contribution in [1.29, 1.82) is 0 Å². The van der Waals surface area contributed by atoms with Crippen molar-refractivity contribution < 1.29 is 19.4 Å². The largest absolute Gasteiger partial charge is 0.480 e. The molecule has 4 nitrogen and oxygen atoms in total. The van der Waals surface area contributed by atoms with Gasteiger partial charge in [0.15, 0.2) is 5.41 Å². The van der Waals surface area contributed by atoms with Gasteiger partial charge in [0.05, 0.1) is 6.61 Å². The Hall–Kier alpha value is -1.88. The summed E-state index contributed by atoms with van der Waals surface area (Å²) in [6, 6.07) is 9.75. The van der Waals surface area contributed by atoms with Crippen molar-refractivity contribution in [3.8, 4) is 0 Å². The van der Waals surface area contributed by atoms with Crippen LogP contribution in [0.25, 0.3) is 10.1 Å². The molecule has 106 valence electrons. The third-order valence-corrected chi connectivity index (χ3v) is 4.32. The van der Waals surface area contributed by atoms with Crippen molar-refractivity contribution in [2.24, 2.45) is 5.41 Å². The summed E-state index contributed by atoms with van der Waals surface area (Å²) in [5, 5.41) is 10.4. The molecule has 0 aliphatic heterocycles. The maximum atomic E-state index is 11.9. The van der Waals surface area contributed by atoms with Gasteiger partial charge in [-0.25, -0.2) is 0 Å². The molecule has 1 aromatic heterocycles. The van der Waals surface area contributed by atoms with Crippen molar-refractivity contribution in [2.45, 2.75) is 20.3 Å². The summed E-state index contributed by atoms with van der Waals surface area (Å²) in [7, 11) is 0. The fourth-order valence-corrected chi connectivity index (χ4v) is 3.22. The highest BCUT2D eigenvalue weighted by Crippen LogP contribution is 2.32. The van der Waals surface area contributed by atoms with Gasteiger partial charge < -0.3 is 9.84 Å². The van der Waals surface area contributed by atoms with Crippen LogP contribution in [0, 0.1) is 5.41 Å². The number of hydrogen-bond donors (Lipinski definition) is 1. The van der Waals surface area contributed by atoms with Crippen LogP contribution in [0.15, 0.2) is 30.3 Å². The number of ether oxygens (including phenoxy) is 1. The quantitative estimate of drug-likeness (QED) is 0.679. The lowest BCUT2D eigenvalue weighted by Crippen LogP contribution is -2.39. The monoisotopic (exact) mass is 292 g/mol. The molecule has 1 atom stereocenters. The second kappa shape index (κ2) is 5.63. The van der Waals surface area contributed by atoms with E-state index in [0.29, 0.717) is 0 Å². The first-order valence-corrected chi connectivity index (χ1v) is 7.17. The molecule has 0 saturated carbocycles. The van der Waals surface area contributed by atoms with Gasteiger partial charge in [0.1, 0.15) is 0 Å². The molecule has 0 fully saturated rings. The van der Waals surface area contributed by atoms with Gasteiger partial charge in [0, 0.05) is 16.0 Å². The van der Waals surface area contributed by atoms with Gasteiger partial charge in [-0.3, -0.25) is 9.59 Å². The lowest BCUT2D eigenvalue weighted by molar-refractivity contribution is -0.167. The Morgan fingerprint density at radius 3 is 2.65 bits per heavy atom. The molecular formula is C15H16O4S. The zero-order valence-electron chi connectivity index (χ0n) is 11.4. The fourth-order valence-electron chi connectivity index (χ4n) is 2.00. The minimum Gasteiger partial charge on any atom is -0.480 e. The van der Waals surface area contributed by atoms with Crippen molar-refractivity contribution in [3.05, 3.63) is 35.2 Å². The van der Waals surface area contributed by atoms with E-state index in [1.54, 1.807) is 6.92 Å². The molecular weight excluding hydrogens is 276 g/mol. The summed E-state index contributed by atoms with van der Waals surface area (Å²) in [5.74, 6) is -1.85. The lowest BCUT2D eigenvalue weighted by atomic mass is 9.86. The van der Waals surface area contributed by atoms with E-state index in [2.05, 4.69) is 0 Å². The van der Waals surface area contributed by atoms with Crippen LogP contribution >= 0.6 is 11.3 Å². The predicted molar refractivity (Wildman–Crippen MR) is 77.9 cm³/mol. The van der Waals surface area contributed by atoms with Crippen molar-refractivity contribution in [3.63, 3.8) is 0 Å². The summed E-state index contributed by atoms with van der Waals surface area (Å²) in [4.78, 5) is 24.3. The summed E-state index contributed by atoms with van der Waals surface area (Å²) in [6.45, 7) is 3.26. The first-order chi connectivity index (χ1) is 9.47. The van der Waals surface area contributed by atoms with Crippen LogP contribution in [0.2, 0.25) is 0 Å². The Kier molecular flexibility index (Phi) is 4.09. The Labute approximate surface area is 121 Å². The molecule has 0 spiro atoms. The highest BCUT2D eigenvalue weighted by Gasteiger charge is 2.43. The average molecular weight is 292 g/mol. The molecule has 0 aliphatic rings. The normalized spacial score (nSPS) is 13.9. The topological polar surface area (TPSA) is 63.6 Å². The minimum absolute atomic E-state index is 0.139. The molecule has 0 amide bonds. The summed E-state index contributed by atoms with van der Waals surface area (Å²) in [5.41, 5.74) is -1.54. The second-order valence-corrected chi connectivity index (χ2v) is 5.95. The molecule has 5 heteroatoms. The van der Waals surface area contributed by atoms with E-state index in [-0.39, 0.29) is 13.0 Å². The number of rotatable bonds is 5. The molecule has 0 aliphatic carbocycles. The number of thiophene rings is 1. The van der Waals surface area contributed by atoms with Gasteiger partial charge in [0.25, 0.3) is 0 Å². The number of esters is 1. The Morgan fingerprint density at radius 1 is 1.35 bits per heavy atom. The van der Waals surface area contributed by atoms with E-state index in [1.165, 1.54) is 18.3 Å². The third-order valence-electron chi connectivity index (χ3n) is 3.20. The number of benzene rings is 1. The lowest BCUT2D eigenvalue weighted by Gasteiger charge is -2.21. The van der Waals surface area contributed by atoms with Gasteiger partial charge in [-0.05, 0) is 31.4 Å². The molecule has 2 aromatic rings. The summed E-state index contributed by atoms with van der Waals surface area (Å²) >= 11 is 1.51. The minimum atomic E-state index is -1.54. The first kappa shape index (κ1) is 14.5. The summed E-state index contributed by atoms with van der Waals surface area (Å²) in [6.07, 6.45) is 0.139. The van der Waals surface area contributed by atoms with Crippen LogP contribution in [0.5, 0.6) is 0 Å². The van der Waals surface area contributed by atoms with E-state index in [9.17, 15) is 14.7 Å². The Morgan fingerprint density at radius 2 is 2.05 bits per heavy atom. The molecule has 20 heavy (non-hydrogen) atoms. The number of carboxylic acids is 1. The smallest absolute Gasteiger partial charge is 0.323 e. The van der Waals surface area contributed by atoms with Crippen LogP contribution in [0.3, 0.4) is 0 Å². The predicted octanol–water partition coefficient (Wildman–Crippen LogP) is 3.10. The standard InChI is InChI=1S/C15H16O4S/c1-3-19-14(18)15(2,13(16)17)9-11-8-10-6-4-5-7-12(10)20-11/h4-8H,3,9H2,1-2H3,(H,16,17). The van der Waals surface area contributed by atoms with Crippen LogP contribution < -0.4 is 0 Å². The van der Waals surface area contributed by atoms with E-state index in [1.807, 2.05) is 30.3 Å². The molecule has 0 saturated heterocycles. The van der Waals surface area contributed by atoms with Crippen LogP contribution in [-0.2, 0) is 20.7 Å². The van der Waals surface area contributed by atoms with Gasteiger partial charge in [-0.2, -0.15) is 0 Å². The zero-order chi connectivity index (χ0) is 14.8. The molecule has 1 aromatic carbocycles. The number of carbonyl (C=O) groups excluding carboxylic acids is 1. The van der Waals surface area contributed by atoms with Crippen molar-refractivity contribution >= 4 is 33.4 Å². The maximum Gasteiger partial charge on any atom is 0.323 e. The number of aliphatic carboxylic acids is 1. The maximum absolute atomic E-state index is 11.9. The van der Waals surface area contributed by atoms with Crippen molar-refractivity contribution in [1.82, 2.24) is 0 Å². The highest BCUT2D eigenvalue weighted by atomic mass is 32.1. The van der Waals surface area contributed by atoms with Crippen LogP contribution in [0.4, 0.5) is 0 Å². The summed E-state index contributed by atoms with van der Waals surface area (Å²) < 4.78 is 5.98. The third kappa shape index (κ3) is 2.67. The SMILES string of the molecule is CCOC(=O)C(C)(Cc1cc2ccccc2s1)C(=O)O. The number of carbonyl (C=O) groups is 2. The van der Waals surface area contributed by atoms with Gasteiger partial charge in [0.2, 0.25) is 0 Å². The van der Waals surface area contributed by atoms with E-state index >= 15 is 0 Å². The Bertz CT molecular complexity index is 613. The molecule has 1 unspecified atom stereocenters. The van der Waals surface area contributed by atoms with E-state index in [0.717, 1.165) is 15.0 Å². The fraction of sp³-hybridized carbons (Fsp3) is 0.333. The molecule has 1 heterocycles. The number of fused-ring (bicyclic) bond motifs is 1. The van der Waals surface area contributed by atoms with Crippen molar-refractivity contribution in [2.75, 3.05) is 6.61 Å². The molecule has 0 radical (unpaired) electrons. The first-order valence-electron chi connectivity index (χ1n) is 6.35. The molecule has 2 rings (SSSR count). The van der Waals surface area contributed by atoms with Gasteiger partial charge in [-0.15, -0.1) is 11.3 Å².